The summed E-state index contributed by atoms with van der Waals surface area (Å²) in [6, 6.07) is 12.1. The summed E-state index contributed by atoms with van der Waals surface area (Å²) in [5, 5.41) is 9.80. The van der Waals surface area contributed by atoms with Crippen LogP contribution in [0.4, 0.5) is 5.69 Å². The Morgan fingerprint density at radius 3 is 2.26 bits per heavy atom. The molecule has 2 heterocycles. The molecule has 0 radical (unpaired) electrons. The third kappa shape index (κ3) is 5.51. The van der Waals surface area contributed by atoms with Crippen LogP contribution in [0.25, 0.3) is 6.08 Å². The van der Waals surface area contributed by atoms with Gasteiger partial charge in [-0.05, 0) is 54.1 Å². The van der Waals surface area contributed by atoms with Crippen molar-refractivity contribution in [2.24, 2.45) is 5.73 Å². The van der Waals surface area contributed by atoms with Crippen LogP contribution in [0.15, 0.2) is 65.8 Å². The zero-order chi connectivity index (χ0) is 25.0. The van der Waals surface area contributed by atoms with Gasteiger partial charge in [-0.2, -0.15) is 0 Å². The number of benzene rings is 2. The monoisotopic (exact) mass is 517 g/mol. The number of carboxylic acid groups (broad SMARTS) is 1. The summed E-state index contributed by atoms with van der Waals surface area (Å²) in [6.07, 6.45) is 4.52. The molecule has 0 aliphatic carbocycles. The molecule has 11 heteroatoms. The summed E-state index contributed by atoms with van der Waals surface area (Å²) in [6.45, 7) is 0. The summed E-state index contributed by atoms with van der Waals surface area (Å²) in [5.74, 6) is -2.04. The number of pyridine rings is 1. The molecule has 0 fully saturated rings. The predicted octanol–water partition coefficient (Wildman–Crippen LogP) is 4.21. The van der Waals surface area contributed by atoms with Gasteiger partial charge >= 0.3 is 5.97 Å². The van der Waals surface area contributed by atoms with Crippen LogP contribution in [0.1, 0.15) is 36.6 Å². The van der Waals surface area contributed by atoms with Gasteiger partial charge in [0.15, 0.2) is 11.0 Å². The molecule has 1 aliphatic heterocycles. The number of nitrogens with zero attached hydrogens (tertiary/aromatic N) is 2. The SMILES string of the molecule is CN1c2ccc(C(=O)O)cc2C(=O)/C(=C\c2ccc(Cl)c(Cl)c2)S1=O.NC(=O)c1ccncc1. The molecule has 1 amide bonds. The Morgan fingerprint density at radius 2 is 1.71 bits per heavy atom. The van der Waals surface area contributed by atoms with Gasteiger partial charge in [0.25, 0.3) is 0 Å². The molecule has 1 unspecified atom stereocenters. The zero-order valence-electron chi connectivity index (χ0n) is 17.6. The van der Waals surface area contributed by atoms with Gasteiger partial charge in [-0.25, -0.2) is 9.00 Å². The van der Waals surface area contributed by atoms with Gasteiger partial charge in [0.05, 0.1) is 21.3 Å². The third-order valence-corrected chi connectivity index (χ3v) is 6.81. The molecule has 34 heavy (non-hydrogen) atoms. The first-order chi connectivity index (χ1) is 16.1. The maximum Gasteiger partial charge on any atom is 0.335 e. The molecule has 0 bridgehead atoms. The third-order valence-electron chi connectivity index (χ3n) is 4.69. The van der Waals surface area contributed by atoms with E-state index in [1.807, 2.05) is 0 Å². The van der Waals surface area contributed by atoms with Crippen LogP contribution in [-0.4, -0.2) is 39.0 Å². The first kappa shape index (κ1) is 25.1. The molecule has 1 aliphatic rings. The Balaban J connectivity index is 0.000000302. The van der Waals surface area contributed by atoms with Gasteiger partial charge in [-0.15, -0.1) is 0 Å². The lowest BCUT2D eigenvalue weighted by molar-refractivity contribution is 0.0696. The molecule has 1 aromatic heterocycles. The molecule has 8 nitrogen and oxygen atoms in total. The van der Waals surface area contributed by atoms with Crippen LogP contribution in [0, 0.1) is 0 Å². The number of hydrogen-bond donors (Lipinski definition) is 2. The van der Waals surface area contributed by atoms with Gasteiger partial charge in [-0.1, -0.05) is 29.3 Å². The topological polar surface area (TPSA) is 131 Å². The summed E-state index contributed by atoms with van der Waals surface area (Å²) < 4.78 is 14.1. The number of carboxylic acids is 1. The minimum atomic E-state index is -1.72. The number of allylic oxidation sites excluding steroid dienone is 1. The van der Waals surface area contributed by atoms with E-state index >= 15 is 0 Å². The number of ketones is 1. The van der Waals surface area contributed by atoms with Gasteiger partial charge in [0.1, 0.15) is 4.91 Å². The van der Waals surface area contributed by atoms with Gasteiger partial charge in [0.2, 0.25) is 11.7 Å². The zero-order valence-corrected chi connectivity index (χ0v) is 19.9. The first-order valence-electron chi connectivity index (χ1n) is 9.54. The number of aromatic carboxylic acids is 1. The molecule has 2 aromatic carbocycles. The number of carbonyl (C=O) groups is 3. The highest BCUT2D eigenvalue weighted by Crippen LogP contribution is 2.34. The van der Waals surface area contributed by atoms with Crippen LogP contribution in [0.2, 0.25) is 10.0 Å². The van der Waals surface area contributed by atoms with Gasteiger partial charge in [-0.3, -0.25) is 18.9 Å². The first-order valence-corrected chi connectivity index (χ1v) is 11.4. The maximum atomic E-state index is 12.8. The van der Waals surface area contributed by atoms with E-state index in [9.17, 15) is 18.6 Å². The van der Waals surface area contributed by atoms with Crippen LogP contribution < -0.4 is 10.0 Å². The molecule has 4 rings (SSSR count). The minimum Gasteiger partial charge on any atom is -0.478 e. The predicted molar refractivity (Wildman–Crippen MR) is 131 cm³/mol. The molecular weight excluding hydrogens is 501 g/mol. The van der Waals surface area contributed by atoms with Crippen LogP contribution in [-0.2, 0) is 11.0 Å². The number of Topliss-reactive ketones (excluding diaryl/α,β-unsaturated/α-hetero) is 1. The van der Waals surface area contributed by atoms with Crippen molar-refractivity contribution in [2.75, 3.05) is 11.4 Å². The second-order valence-corrected chi connectivity index (χ2v) is 9.20. The van der Waals surface area contributed by atoms with E-state index in [4.69, 9.17) is 34.0 Å². The molecular formula is C23H17Cl2N3O5S. The molecule has 0 spiro atoms. The molecule has 1 atom stereocenters. The number of amides is 1. The molecule has 3 N–H and O–H groups in total. The number of rotatable bonds is 3. The smallest absolute Gasteiger partial charge is 0.335 e. The number of carbonyl (C=O) groups excluding carboxylic acids is 2. The number of halogens is 2. The van der Waals surface area contributed by atoms with E-state index in [1.54, 1.807) is 37.4 Å². The van der Waals surface area contributed by atoms with Crippen molar-refractivity contribution < 1.29 is 23.7 Å². The fraction of sp³-hybridized carbons (Fsp3) is 0.0435. The van der Waals surface area contributed by atoms with Gasteiger partial charge in [0, 0.05) is 30.6 Å². The number of nitrogens with two attached hydrogens (primary N) is 1. The number of primary amides is 1. The summed E-state index contributed by atoms with van der Waals surface area (Å²) in [7, 11) is -0.149. The number of fused-ring (bicyclic) bond motifs is 1. The van der Waals surface area contributed by atoms with Crippen molar-refractivity contribution in [2.45, 2.75) is 0 Å². The van der Waals surface area contributed by atoms with Crippen molar-refractivity contribution in [3.63, 3.8) is 0 Å². The number of anilines is 1. The number of hydrogen-bond acceptors (Lipinski definition) is 5. The van der Waals surface area contributed by atoms with Crippen molar-refractivity contribution in [1.29, 1.82) is 0 Å². The van der Waals surface area contributed by atoms with E-state index < -0.39 is 28.6 Å². The van der Waals surface area contributed by atoms with Crippen LogP contribution in [0.3, 0.4) is 0 Å². The second kappa shape index (κ2) is 10.6. The maximum absolute atomic E-state index is 12.8. The molecule has 0 saturated heterocycles. The quantitative estimate of drug-likeness (QED) is 0.500. The van der Waals surface area contributed by atoms with Crippen molar-refractivity contribution in [1.82, 2.24) is 4.98 Å². The highest BCUT2D eigenvalue weighted by atomic mass is 35.5. The standard InChI is InChI=1S/C17H11Cl2NO4S.C6H6N2O/c1-20-14-5-3-10(17(22)23)8-11(14)16(21)15(25(20)24)7-9-2-4-12(18)13(19)6-9;7-6(9)5-1-3-8-4-2-5/h2-8H,1H3,(H,22,23);1-4H,(H2,7,9)/b15-7+;. The van der Waals surface area contributed by atoms with Gasteiger partial charge < -0.3 is 10.8 Å². The Bertz CT molecular complexity index is 1350. The fourth-order valence-electron chi connectivity index (χ4n) is 2.96. The van der Waals surface area contributed by atoms with Crippen molar-refractivity contribution >= 4 is 63.6 Å². The van der Waals surface area contributed by atoms with Crippen LogP contribution >= 0.6 is 23.2 Å². The Hall–Kier alpha value is -3.53. The van der Waals surface area contributed by atoms with Crippen LogP contribution in [0.5, 0.6) is 0 Å². The fourth-order valence-corrected chi connectivity index (χ4v) is 4.40. The van der Waals surface area contributed by atoms with E-state index in [0.29, 0.717) is 26.9 Å². The Labute approximate surface area is 207 Å². The molecule has 174 valence electrons. The lowest BCUT2D eigenvalue weighted by Crippen LogP contribution is -2.31. The van der Waals surface area contributed by atoms with E-state index in [1.165, 1.54) is 41.0 Å². The molecule has 3 aromatic rings. The lowest BCUT2D eigenvalue weighted by Gasteiger charge is -2.27. The molecule has 0 saturated carbocycles. The van der Waals surface area contributed by atoms with E-state index in [-0.39, 0.29) is 16.0 Å². The summed E-state index contributed by atoms with van der Waals surface area (Å²) >= 11 is 11.8. The average molecular weight is 518 g/mol. The van der Waals surface area contributed by atoms with Crippen molar-refractivity contribution in [3.8, 4) is 0 Å². The second-order valence-electron chi connectivity index (χ2n) is 6.90. The average Bonchev–Trinajstić information content (AvgIpc) is 2.83. The minimum absolute atomic E-state index is 0.0120. The highest BCUT2D eigenvalue weighted by molar-refractivity contribution is 7.91. The van der Waals surface area contributed by atoms with E-state index in [0.717, 1.165) is 0 Å². The lowest BCUT2D eigenvalue weighted by atomic mass is 10.0. The highest BCUT2D eigenvalue weighted by Gasteiger charge is 2.32. The van der Waals surface area contributed by atoms with Crippen molar-refractivity contribution in [3.05, 3.63) is 98.1 Å². The number of aromatic nitrogens is 1. The summed E-state index contributed by atoms with van der Waals surface area (Å²) in [4.78, 5) is 38.1. The van der Waals surface area contributed by atoms with E-state index in [2.05, 4.69) is 4.98 Å². The Morgan fingerprint density at radius 1 is 1.03 bits per heavy atom. The summed E-state index contributed by atoms with van der Waals surface area (Å²) in [5.41, 5.74) is 6.60. The normalized spacial score (nSPS) is 15.9. The largest absolute Gasteiger partial charge is 0.478 e. The Kier molecular flexibility index (Phi) is 7.83.